The Morgan fingerprint density at radius 1 is 1.10 bits per heavy atom. The van der Waals surface area contributed by atoms with Gasteiger partial charge in [-0.05, 0) is 30.7 Å². The maximum atomic E-state index is 12.5. The maximum Gasteiger partial charge on any atom is 0.310 e. The number of hydrogen-bond acceptors (Lipinski definition) is 1. The van der Waals surface area contributed by atoms with Crippen LogP contribution in [0.1, 0.15) is 27.2 Å². The van der Waals surface area contributed by atoms with E-state index in [1.807, 2.05) is 20.8 Å². The lowest BCUT2D eigenvalue weighted by atomic mass is 9.87. The second-order valence-electron chi connectivity index (χ2n) is 5.33. The molecule has 0 aromatic heterocycles. The summed E-state index contributed by atoms with van der Waals surface area (Å²) in [7, 11) is -9.59. The number of halogens is 5. The Morgan fingerprint density at radius 3 is 1.90 bits per heavy atom. The number of rotatable bonds is 5. The van der Waals surface area contributed by atoms with Crippen molar-refractivity contribution in [3.63, 3.8) is 0 Å². The van der Waals surface area contributed by atoms with Gasteiger partial charge in [-0.3, -0.25) is 0 Å². The van der Waals surface area contributed by atoms with E-state index in [1.165, 1.54) is 0 Å². The summed E-state index contributed by atoms with van der Waals surface area (Å²) in [4.78, 5) is -1.89. The molecule has 1 aromatic carbocycles. The number of allylic oxidation sites excluding steroid dienone is 1. The van der Waals surface area contributed by atoms with Crippen molar-refractivity contribution < 1.29 is 19.4 Å². The van der Waals surface area contributed by atoms with Gasteiger partial charge in [-0.1, -0.05) is 46.8 Å². The van der Waals surface area contributed by atoms with Gasteiger partial charge in [0.1, 0.15) is 4.90 Å². The van der Waals surface area contributed by atoms with E-state index in [-0.39, 0.29) is 5.41 Å². The van der Waals surface area contributed by atoms with Gasteiger partial charge in [0.25, 0.3) is 0 Å². The van der Waals surface area contributed by atoms with E-state index < -0.39 is 15.1 Å². The Bertz CT molecular complexity index is 516. The highest BCUT2D eigenvalue weighted by Gasteiger charge is 2.65. The first-order chi connectivity index (χ1) is 8.65. The van der Waals surface area contributed by atoms with Crippen LogP contribution in [-0.4, -0.2) is 0 Å². The smallest absolute Gasteiger partial charge is 0.310 e. The van der Waals surface area contributed by atoms with E-state index in [0.29, 0.717) is 23.5 Å². The van der Waals surface area contributed by atoms with Crippen LogP contribution < -0.4 is 5.32 Å². The standard InChI is InChI=1S/C13H18F5NS/c1-5-13(3,4)10(2)19-11-6-8-12(9-7-11)20(14,15,16,17)18/h6-9,19H,2,5H2,1,3-4H3. The fraction of sp³-hybridized carbons (Fsp3) is 0.385. The SMILES string of the molecule is C=C(Nc1ccc(S(F)(F)(F)(F)F)cc1)C(C)(C)CC. The molecule has 0 fully saturated rings. The van der Waals surface area contributed by atoms with Crippen LogP contribution >= 0.6 is 10.2 Å². The Balaban J connectivity index is 2.98. The molecule has 0 amide bonds. The maximum absolute atomic E-state index is 12.5. The van der Waals surface area contributed by atoms with Crippen LogP contribution in [0.4, 0.5) is 25.1 Å². The summed E-state index contributed by atoms with van der Waals surface area (Å²) in [6.45, 7) is 9.61. The van der Waals surface area contributed by atoms with Gasteiger partial charge in [-0.15, -0.1) is 0 Å². The summed E-state index contributed by atoms with van der Waals surface area (Å²) in [6.07, 6.45) is 0.780. The molecule has 0 saturated heterocycles. The molecule has 0 aliphatic rings. The van der Waals surface area contributed by atoms with E-state index in [4.69, 9.17) is 0 Å². The van der Waals surface area contributed by atoms with Gasteiger partial charge in [0.15, 0.2) is 0 Å². The molecular weight excluding hydrogens is 297 g/mol. The number of benzene rings is 1. The summed E-state index contributed by atoms with van der Waals surface area (Å²) in [5.41, 5.74) is 0.654. The fourth-order valence-electron chi connectivity index (χ4n) is 1.35. The molecular formula is C13H18F5NS. The van der Waals surface area contributed by atoms with Gasteiger partial charge in [0.2, 0.25) is 0 Å². The van der Waals surface area contributed by atoms with Crippen molar-refractivity contribution in [2.45, 2.75) is 32.1 Å². The van der Waals surface area contributed by atoms with Gasteiger partial charge >= 0.3 is 10.2 Å². The molecule has 0 unspecified atom stereocenters. The van der Waals surface area contributed by atoms with E-state index in [9.17, 15) is 19.4 Å². The van der Waals surface area contributed by atoms with Crippen LogP contribution in [0, 0.1) is 5.41 Å². The molecule has 7 heteroatoms. The summed E-state index contributed by atoms with van der Waals surface area (Å²) in [5, 5.41) is 2.84. The molecule has 116 valence electrons. The molecule has 0 atom stereocenters. The van der Waals surface area contributed by atoms with Crippen LogP contribution in [0.25, 0.3) is 0 Å². The molecule has 1 rings (SSSR count). The number of anilines is 1. The molecule has 1 aromatic rings. The second kappa shape index (κ2) is 4.13. The summed E-state index contributed by atoms with van der Waals surface area (Å²) >= 11 is 0. The first kappa shape index (κ1) is 16.8. The number of hydrogen-bond donors (Lipinski definition) is 1. The average molecular weight is 315 g/mol. The lowest BCUT2D eigenvalue weighted by molar-refractivity contribution is 0.364. The Kier molecular flexibility index (Phi) is 3.47. The van der Waals surface area contributed by atoms with Gasteiger partial charge in [-0.25, -0.2) is 0 Å². The van der Waals surface area contributed by atoms with Gasteiger partial charge in [0.05, 0.1) is 0 Å². The molecule has 20 heavy (non-hydrogen) atoms. The zero-order valence-electron chi connectivity index (χ0n) is 11.5. The minimum absolute atomic E-state index is 0.251. The zero-order valence-corrected chi connectivity index (χ0v) is 12.3. The molecule has 0 aliphatic heterocycles. The first-order valence-electron chi connectivity index (χ1n) is 5.96. The van der Waals surface area contributed by atoms with Crippen LogP contribution in [0.5, 0.6) is 0 Å². The zero-order chi connectivity index (χ0) is 15.9. The van der Waals surface area contributed by atoms with Crippen LogP contribution in [0.3, 0.4) is 0 Å². The minimum Gasteiger partial charge on any atom is -0.359 e. The lowest BCUT2D eigenvalue weighted by Crippen LogP contribution is -2.18. The van der Waals surface area contributed by atoms with Crippen molar-refractivity contribution >= 4 is 15.9 Å². The summed E-state index contributed by atoms with van der Waals surface area (Å²) < 4.78 is 62.7. The third kappa shape index (κ3) is 4.13. The van der Waals surface area contributed by atoms with Crippen molar-refractivity contribution in [3.05, 3.63) is 36.5 Å². The van der Waals surface area contributed by atoms with Crippen molar-refractivity contribution in [2.24, 2.45) is 5.41 Å². The molecule has 0 radical (unpaired) electrons. The third-order valence-electron chi connectivity index (χ3n) is 3.30. The highest BCUT2D eigenvalue weighted by Crippen LogP contribution is 3.02. The largest absolute Gasteiger partial charge is 0.359 e. The van der Waals surface area contributed by atoms with E-state index in [2.05, 4.69) is 11.9 Å². The topological polar surface area (TPSA) is 12.0 Å². The van der Waals surface area contributed by atoms with Gasteiger partial charge < -0.3 is 5.32 Å². The Hall–Kier alpha value is -1.24. The van der Waals surface area contributed by atoms with Crippen molar-refractivity contribution in [1.82, 2.24) is 0 Å². The predicted molar refractivity (Wildman–Crippen MR) is 74.7 cm³/mol. The average Bonchev–Trinajstić information content (AvgIpc) is 2.26. The molecule has 0 saturated carbocycles. The second-order valence-corrected chi connectivity index (χ2v) is 7.74. The Labute approximate surface area is 115 Å². The summed E-state index contributed by atoms with van der Waals surface area (Å²) in [6, 6.07) is 2.72. The Morgan fingerprint density at radius 2 is 1.55 bits per heavy atom. The van der Waals surface area contributed by atoms with Gasteiger partial charge in [0, 0.05) is 16.8 Å². The monoisotopic (exact) mass is 315 g/mol. The predicted octanol–water partition coefficient (Wildman–Crippen LogP) is 6.71. The van der Waals surface area contributed by atoms with Crippen molar-refractivity contribution in [2.75, 3.05) is 5.32 Å². The molecule has 0 bridgehead atoms. The van der Waals surface area contributed by atoms with E-state index in [1.54, 1.807) is 0 Å². The van der Waals surface area contributed by atoms with Gasteiger partial charge in [-0.2, -0.15) is 0 Å². The molecule has 0 aliphatic carbocycles. The highest BCUT2D eigenvalue weighted by molar-refractivity contribution is 8.45. The fourth-order valence-corrected chi connectivity index (χ4v) is 2.00. The highest BCUT2D eigenvalue weighted by atomic mass is 32.5. The molecule has 1 N–H and O–H groups in total. The van der Waals surface area contributed by atoms with E-state index in [0.717, 1.165) is 18.6 Å². The molecule has 0 spiro atoms. The number of nitrogens with one attached hydrogen (secondary N) is 1. The normalized spacial score (nSPS) is 16.2. The van der Waals surface area contributed by atoms with Crippen molar-refractivity contribution in [3.8, 4) is 0 Å². The van der Waals surface area contributed by atoms with Crippen molar-refractivity contribution in [1.29, 1.82) is 0 Å². The molecule has 1 nitrogen and oxygen atoms in total. The van der Waals surface area contributed by atoms with Crippen LogP contribution in [0.15, 0.2) is 41.4 Å². The van der Waals surface area contributed by atoms with E-state index >= 15 is 0 Å². The quantitative estimate of drug-likeness (QED) is 0.596. The first-order valence-corrected chi connectivity index (χ1v) is 7.91. The summed E-state index contributed by atoms with van der Waals surface area (Å²) in [5.74, 6) is 0. The lowest BCUT2D eigenvalue weighted by Gasteiger charge is -2.40. The van der Waals surface area contributed by atoms with Crippen LogP contribution in [-0.2, 0) is 0 Å². The minimum atomic E-state index is -9.59. The third-order valence-corrected chi connectivity index (χ3v) is 4.46. The van der Waals surface area contributed by atoms with Crippen LogP contribution in [0.2, 0.25) is 0 Å². The molecule has 0 heterocycles.